The van der Waals surface area contributed by atoms with Gasteiger partial charge < -0.3 is 24.0 Å². The van der Waals surface area contributed by atoms with E-state index in [0.29, 0.717) is 11.4 Å². The Kier molecular flexibility index (Phi) is 8.13. The molecule has 2 saturated heterocycles. The van der Waals surface area contributed by atoms with Crippen LogP contribution in [0.3, 0.4) is 0 Å². The van der Waals surface area contributed by atoms with Crippen molar-refractivity contribution in [1.82, 2.24) is 5.32 Å². The second kappa shape index (κ2) is 10.6. The number of Topliss-reactive ketones (excluding diaryl/α,β-unsaturated/α-hetero) is 1. The van der Waals surface area contributed by atoms with Crippen molar-refractivity contribution in [1.29, 1.82) is 0 Å². The predicted octanol–water partition coefficient (Wildman–Crippen LogP) is 2.37. The van der Waals surface area contributed by atoms with Crippen molar-refractivity contribution in [2.75, 3.05) is 13.7 Å². The molecule has 0 aliphatic carbocycles. The maximum absolute atomic E-state index is 12.8. The predicted molar refractivity (Wildman–Crippen MR) is 126 cm³/mol. The zero-order chi connectivity index (χ0) is 26.0. The summed E-state index contributed by atoms with van der Waals surface area (Å²) in [6, 6.07) is 4.38. The number of nitrogens with one attached hydrogen (secondary N) is 1. The standard InChI is InChI=1S/C22H26BCl2NO9/c1-12(2)6-13(7-15(27)11-26-20(30)16-8-14(24)4-5-17(16)25)23-33-19(29)10-22(35-23,21(31)34-23)9-18(28)32-3/h4-5,8,12-13,33H,6-7,9-11H2,1-3H3,(H,26,30)/t13-,22+,23?/m1/s1. The molecule has 1 amide bonds. The first-order valence-electron chi connectivity index (χ1n) is 11.0. The molecule has 2 aliphatic rings. The second-order valence-corrected chi connectivity index (χ2v) is 9.98. The molecule has 13 heteroatoms. The highest BCUT2D eigenvalue weighted by molar-refractivity contribution is 6.67. The number of halogens is 2. The summed E-state index contributed by atoms with van der Waals surface area (Å²) in [4.78, 5) is 62.5. The van der Waals surface area contributed by atoms with Crippen LogP contribution in [0.2, 0.25) is 15.9 Å². The molecule has 3 atom stereocenters. The van der Waals surface area contributed by atoms with E-state index in [1.807, 2.05) is 13.8 Å². The Morgan fingerprint density at radius 2 is 1.97 bits per heavy atom. The van der Waals surface area contributed by atoms with E-state index in [4.69, 9.17) is 32.5 Å². The van der Waals surface area contributed by atoms with Crippen molar-refractivity contribution in [3.8, 4) is 0 Å². The summed E-state index contributed by atoms with van der Waals surface area (Å²) in [6.07, 6.45) is -0.826. The van der Waals surface area contributed by atoms with Crippen LogP contribution in [0.5, 0.6) is 0 Å². The van der Waals surface area contributed by atoms with Crippen LogP contribution < -0.4 is 5.32 Å². The summed E-state index contributed by atoms with van der Waals surface area (Å²) in [6.45, 7) is 0.540. The van der Waals surface area contributed by atoms with Gasteiger partial charge in [0.1, 0.15) is 12.2 Å². The molecular weight excluding hydrogens is 504 g/mol. The lowest BCUT2D eigenvalue weighted by Gasteiger charge is -2.43. The minimum absolute atomic E-state index is 0.0223. The quantitative estimate of drug-likeness (QED) is 0.277. The van der Waals surface area contributed by atoms with Crippen LogP contribution in [0.4, 0.5) is 0 Å². The number of benzene rings is 1. The Morgan fingerprint density at radius 3 is 2.63 bits per heavy atom. The van der Waals surface area contributed by atoms with Crippen molar-refractivity contribution in [2.24, 2.45) is 5.92 Å². The summed E-state index contributed by atoms with van der Waals surface area (Å²) in [5, 5.41) is 2.98. The van der Waals surface area contributed by atoms with Crippen LogP contribution >= 0.6 is 23.2 Å². The van der Waals surface area contributed by atoms with E-state index in [1.54, 1.807) is 0 Å². The molecule has 2 N–H and O–H groups in total. The minimum Gasteiger partial charge on any atom is -0.718 e. The lowest BCUT2D eigenvalue weighted by Crippen LogP contribution is -2.58. The summed E-state index contributed by atoms with van der Waals surface area (Å²) in [7, 11) is 1.15. The van der Waals surface area contributed by atoms with Gasteiger partial charge in [0.15, 0.2) is 5.60 Å². The van der Waals surface area contributed by atoms with Gasteiger partial charge in [0, 0.05) is 9.82 Å². The molecule has 0 radical (unpaired) electrons. The first-order valence-corrected chi connectivity index (χ1v) is 11.8. The van der Waals surface area contributed by atoms with E-state index in [-0.39, 0.29) is 29.5 Å². The molecule has 1 aromatic carbocycles. The van der Waals surface area contributed by atoms with Gasteiger partial charge in [-0.25, -0.2) is 0 Å². The lowest BCUT2D eigenvalue weighted by atomic mass is 9.57. The number of ether oxygens (including phenoxy) is 1. The molecule has 35 heavy (non-hydrogen) atoms. The summed E-state index contributed by atoms with van der Waals surface area (Å²) in [5.74, 6) is -4.04. The highest BCUT2D eigenvalue weighted by Gasteiger charge is 2.68. The molecule has 2 bridgehead atoms. The van der Waals surface area contributed by atoms with Crippen LogP contribution in [-0.2, 0) is 33.2 Å². The average molecular weight is 530 g/mol. The van der Waals surface area contributed by atoms with E-state index < -0.39 is 60.6 Å². The summed E-state index contributed by atoms with van der Waals surface area (Å²) in [5.41, 5.74) is -1.72. The molecule has 1 unspecified atom stereocenters. The van der Waals surface area contributed by atoms with Gasteiger partial charge in [-0.1, -0.05) is 43.5 Å². The smallest absolute Gasteiger partial charge is 0.576 e. The van der Waals surface area contributed by atoms with E-state index in [9.17, 15) is 24.0 Å². The maximum Gasteiger partial charge on any atom is 0.576 e. The van der Waals surface area contributed by atoms with Crippen LogP contribution in [0, 0.1) is 5.92 Å². The van der Waals surface area contributed by atoms with E-state index >= 15 is 0 Å². The second-order valence-electron chi connectivity index (χ2n) is 9.14. The normalized spacial score (nSPS) is 23.9. The third-order valence-electron chi connectivity index (χ3n) is 5.94. The topological polar surface area (TPSA) is 138 Å². The number of fused-ring (bicyclic) bond motifs is 2. The number of amides is 1. The van der Waals surface area contributed by atoms with Gasteiger partial charge in [-0.05, 0) is 36.4 Å². The van der Waals surface area contributed by atoms with Gasteiger partial charge in [0.2, 0.25) is 0 Å². The molecule has 190 valence electrons. The number of esters is 1. The Balaban J connectivity index is 1.76. The summed E-state index contributed by atoms with van der Waals surface area (Å²) >= 11 is 11.9. The molecule has 2 aliphatic heterocycles. The third-order valence-corrected chi connectivity index (χ3v) is 6.50. The summed E-state index contributed by atoms with van der Waals surface area (Å²) < 4.78 is 20.1. The zero-order valence-corrected chi connectivity index (χ0v) is 21.0. The highest BCUT2D eigenvalue weighted by Crippen LogP contribution is 2.47. The van der Waals surface area contributed by atoms with Crippen LogP contribution in [-0.4, -0.2) is 60.3 Å². The van der Waals surface area contributed by atoms with Gasteiger partial charge in [-0.15, -0.1) is 0 Å². The third kappa shape index (κ3) is 5.96. The number of carbonyl (C=O) groups excluding carboxylic acids is 4. The van der Waals surface area contributed by atoms with Crippen LogP contribution in [0.15, 0.2) is 18.2 Å². The number of hydrogen-bond donors (Lipinski definition) is 1. The monoisotopic (exact) mass is 529 g/mol. The Morgan fingerprint density at radius 1 is 1.26 bits per heavy atom. The highest BCUT2D eigenvalue weighted by atomic mass is 35.5. The number of ketones is 1. The average Bonchev–Trinajstić information content (AvgIpc) is 2.98. The van der Waals surface area contributed by atoms with Gasteiger partial charge in [-0.2, -0.15) is 0 Å². The van der Waals surface area contributed by atoms with Gasteiger partial charge in [-0.3, -0.25) is 19.2 Å². The molecule has 0 saturated carbocycles. The van der Waals surface area contributed by atoms with Crippen molar-refractivity contribution in [3.63, 3.8) is 0 Å². The molecule has 0 aromatic heterocycles. The molecular formula is C22H26BCl2NO9. The number of methoxy groups -OCH3 is 1. The number of rotatable bonds is 10. The number of carboxylic acids is 1. The SMILES string of the molecule is COC(=O)C[C@]12CC(=O)[OH+][B-]([C@@H](CC(=O)CNC(=O)c3cc(Cl)ccc3Cl)CC(C)C)(OC1=O)O2. The van der Waals surface area contributed by atoms with Crippen molar-refractivity contribution in [2.45, 2.75) is 50.9 Å². The molecule has 3 rings (SSSR count). The fourth-order valence-corrected chi connectivity index (χ4v) is 4.79. The Bertz CT molecular complexity index is 1070. The number of aliphatic carboxylic acids is 1. The van der Waals surface area contributed by atoms with Crippen LogP contribution in [0.1, 0.15) is 49.9 Å². The van der Waals surface area contributed by atoms with E-state index in [0.717, 1.165) is 7.11 Å². The molecule has 0 spiro atoms. The largest absolute Gasteiger partial charge is 0.718 e. The zero-order valence-electron chi connectivity index (χ0n) is 19.5. The fraction of sp³-hybridized carbons (Fsp3) is 0.500. The van der Waals surface area contributed by atoms with E-state index in [1.165, 1.54) is 18.2 Å². The first kappa shape index (κ1) is 27.0. The lowest BCUT2D eigenvalue weighted by molar-refractivity contribution is -0.171. The molecule has 2 fully saturated rings. The maximum atomic E-state index is 12.8. The Labute approximate surface area is 211 Å². The van der Waals surface area contributed by atoms with E-state index in [2.05, 4.69) is 14.7 Å². The number of hydrogen-bond acceptors (Lipinski definition) is 8. The van der Waals surface area contributed by atoms with Gasteiger partial charge in [0.25, 0.3) is 11.9 Å². The van der Waals surface area contributed by atoms with Crippen molar-refractivity contribution in [3.05, 3.63) is 33.8 Å². The first-order chi connectivity index (χ1) is 16.4. The number of carbonyl (C=O) groups is 5. The van der Waals surface area contributed by atoms with Crippen molar-refractivity contribution < 1.29 is 42.7 Å². The fourth-order valence-electron chi connectivity index (χ4n) is 4.41. The molecule has 10 nitrogen and oxygen atoms in total. The minimum atomic E-state index is -2.88. The van der Waals surface area contributed by atoms with Gasteiger partial charge >= 0.3 is 18.7 Å². The van der Waals surface area contributed by atoms with Crippen LogP contribution in [0.25, 0.3) is 0 Å². The Hall–Kier alpha value is -2.63. The van der Waals surface area contributed by atoms with Gasteiger partial charge in [0.05, 0.1) is 30.7 Å². The molecule has 1 aromatic rings. The van der Waals surface area contributed by atoms with Crippen molar-refractivity contribution >= 4 is 59.6 Å². The molecule has 2 heterocycles.